The van der Waals surface area contributed by atoms with Crippen LogP contribution in [0.5, 0.6) is 0 Å². The molecule has 0 saturated heterocycles. The molecule has 4 aliphatic rings. The maximum atomic E-state index is 14.7. The van der Waals surface area contributed by atoms with Gasteiger partial charge in [-0.05, 0) is 117 Å². The smallest absolute Gasteiger partial charge is 0.275 e. The van der Waals surface area contributed by atoms with Gasteiger partial charge >= 0.3 is 0 Å². The minimum Gasteiger partial charge on any atom is -0.384 e. The Balaban J connectivity index is 1.52. The second-order valence-corrected chi connectivity index (χ2v) is 13.2. The Labute approximate surface area is 183 Å². The van der Waals surface area contributed by atoms with Crippen LogP contribution < -0.4 is 0 Å². The molecule has 1 nitrogen and oxygen atoms in total. The second kappa shape index (κ2) is 7.42. The van der Waals surface area contributed by atoms with Crippen LogP contribution in [0.1, 0.15) is 106 Å². The Kier molecular flexibility index (Phi) is 5.69. The highest BCUT2D eigenvalue weighted by molar-refractivity contribution is 5.10. The first kappa shape index (κ1) is 23.0. The topological polar surface area (TPSA) is 20.2 Å². The first-order valence-corrected chi connectivity index (χ1v) is 12.9. The average molecular weight is 425 g/mol. The summed E-state index contributed by atoms with van der Waals surface area (Å²) in [5.41, 5.74) is -1.21. The van der Waals surface area contributed by atoms with E-state index in [1.54, 1.807) is 0 Å². The highest BCUT2D eigenvalue weighted by Crippen LogP contribution is 2.68. The van der Waals surface area contributed by atoms with E-state index in [4.69, 9.17) is 0 Å². The number of rotatable bonds is 4. The SMILES string of the molecule is CC1CCC2(C)C(CCC3C2CCC2(C)C(C(C)CC(F)(F)C(C)(C)O)CCC32)C1. The summed E-state index contributed by atoms with van der Waals surface area (Å²) in [5, 5.41) is 10.00. The van der Waals surface area contributed by atoms with E-state index in [1.807, 2.05) is 6.92 Å². The van der Waals surface area contributed by atoms with E-state index >= 15 is 0 Å². The maximum absolute atomic E-state index is 14.7. The molecule has 0 amide bonds. The van der Waals surface area contributed by atoms with Gasteiger partial charge in [0, 0.05) is 6.42 Å². The molecule has 9 atom stereocenters. The fourth-order valence-electron chi connectivity index (χ4n) is 9.24. The molecule has 4 fully saturated rings. The van der Waals surface area contributed by atoms with Gasteiger partial charge in [0.05, 0.1) is 0 Å². The predicted octanol–water partition coefficient (Wildman–Crippen LogP) is 7.71. The molecule has 174 valence electrons. The monoisotopic (exact) mass is 424 g/mol. The van der Waals surface area contributed by atoms with Crippen LogP contribution in [-0.4, -0.2) is 16.6 Å². The van der Waals surface area contributed by atoms with Gasteiger partial charge < -0.3 is 5.11 Å². The summed E-state index contributed by atoms with van der Waals surface area (Å²) in [6.45, 7) is 12.0. The number of hydrogen-bond acceptors (Lipinski definition) is 1. The lowest BCUT2D eigenvalue weighted by Crippen LogP contribution is -2.54. The van der Waals surface area contributed by atoms with Crippen molar-refractivity contribution in [1.29, 1.82) is 0 Å². The van der Waals surface area contributed by atoms with Gasteiger partial charge in [0.1, 0.15) is 5.60 Å². The number of hydrogen-bond donors (Lipinski definition) is 1. The van der Waals surface area contributed by atoms with Crippen LogP contribution in [-0.2, 0) is 0 Å². The molecule has 9 unspecified atom stereocenters. The Morgan fingerprint density at radius 2 is 1.57 bits per heavy atom. The zero-order chi connectivity index (χ0) is 22.1. The second-order valence-electron chi connectivity index (χ2n) is 13.2. The van der Waals surface area contributed by atoms with Crippen molar-refractivity contribution in [3.63, 3.8) is 0 Å². The van der Waals surface area contributed by atoms with Crippen LogP contribution >= 0.6 is 0 Å². The van der Waals surface area contributed by atoms with Crippen molar-refractivity contribution in [2.45, 2.75) is 117 Å². The first-order chi connectivity index (χ1) is 13.8. The fraction of sp³-hybridized carbons (Fsp3) is 1.00. The Bertz CT molecular complexity index is 639. The Morgan fingerprint density at radius 1 is 0.933 bits per heavy atom. The summed E-state index contributed by atoms with van der Waals surface area (Å²) in [6, 6.07) is 0. The van der Waals surface area contributed by atoms with E-state index in [1.165, 1.54) is 65.2 Å². The zero-order valence-corrected chi connectivity index (χ0v) is 20.3. The van der Waals surface area contributed by atoms with Gasteiger partial charge in [0.25, 0.3) is 5.92 Å². The molecule has 4 rings (SSSR count). The van der Waals surface area contributed by atoms with E-state index in [-0.39, 0.29) is 17.8 Å². The quantitative estimate of drug-likeness (QED) is 0.490. The summed E-state index contributed by atoms with van der Waals surface area (Å²) in [7, 11) is 0. The summed E-state index contributed by atoms with van der Waals surface area (Å²) < 4.78 is 29.3. The Hall–Kier alpha value is -0.180. The lowest BCUT2D eigenvalue weighted by molar-refractivity contribution is -0.178. The largest absolute Gasteiger partial charge is 0.384 e. The van der Waals surface area contributed by atoms with E-state index in [0.29, 0.717) is 11.3 Å². The lowest BCUT2D eigenvalue weighted by atomic mass is 9.44. The van der Waals surface area contributed by atoms with E-state index in [2.05, 4.69) is 20.8 Å². The highest BCUT2D eigenvalue weighted by atomic mass is 19.3. The molecule has 0 heterocycles. The van der Waals surface area contributed by atoms with Crippen molar-refractivity contribution >= 4 is 0 Å². The molecular formula is C27H46F2O. The molecule has 1 N–H and O–H groups in total. The summed E-state index contributed by atoms with van der Waals surface area (Å²) >= 11 is 0. The highest BCUT2D eigenvalue weighted by Gasteiger charge is 2.61. The molecule has 4 aliphatic carbocycles. The van der Waals surface area contributed by atoms with Crippen LogP contribution in [0.2, 0.25) is 0 Å². The third kappa shape index (κ3) is 3.48. The van der Waals surface area contributed by atoms with Gasteiger partial charge in [-0.1, -0.05) is 34.1 Å². The number of halogens is 2. The standard InChI is InChI=1S/C27H46F2O/c1-17-11-13-25(5)19(15-17)7-8-20-22-10-9-21(26(22,6)14-12-23(20)25)18(2)16-27(28,29)24(3,4)30/h17-23,30H,7-16H2,1-6H3. The van der Waals surface area contributed by atoms with Gasteiger partial charge in [0.2, 0.25) is 0 Å². The van der Waals surface area contributed by atoms with Gasteiger partial charge in [-0.25, -0.2) is 8.78 Å². The Morgan fingerprint density at radius 3 is 2.23 bits per heavy atom. The van der Waals surface area contributed by atoms with Crippen molar-refractivity contribution in [1.82, 2.24) is 0 Å². The van der Waals surface area contributed by atoms with Crippen molar-refractivity contribution in [2.75, 3.05) is 0 Å². The van der Waals surface area contributed by atoms with Gasteiger partial charge in [-0.2, -0.15) is 0 Å². The third-order valence-electron chi connectivity index (χ3n) is 11.2. The minimum atomic E-state index is -3.03. The third-order valence-corrected chi connectivity index (χ3v) is 11.2. The molecule has 4 saturated carbocycles. The minimum absolute atomic E-state index is 0.0413. The molecule has 0 aromatic heterocycles. The van der Waals surface area contributed by atoms with Crippen LogP contribution in [0, 0.1) is 52.3 Å². The molecule has 0 aliphatic heterocycles. The van der Waals surface area contributed by atoms with Crippen molar-refractivity contribution in [3.05, 3.63) is 0 Å². The number of alkyl halides is 2. The fourth-order valence-corrected chi connectivity index (χ4v) is 9.24. The van der Waals surface area contributed by atoms with E-state index < -0.39 is 11.5 Å². The van der Waals surface area contributed by atoms with Crippen LogP contribution in [0.3, 0.4) is 0 Å². The molecule has 3 heteroatoms. The van der Waals surface area contributed by atoms with Gasteiger partial charge in [-0.3, -0.25) is 0 Å². The molecule has 30 heavy (non-hydrogen) atoms. The summed E-state index contributed by atoms with van der Waals surface area (Å²) in [6.07, 6.45) is 11.7. The predicted molar refractivity (Wildman–Crippen MR) is 119 cm³/mol. The van der Waals surface area contributed by atoms with Gasteiger partial charge in [-0.15, -0.1) is 0 Å². The summed E-state index contributed by atoms with van der Waals surface area (Å²) in [4.78, 5) is 0. The molecular weight excluding hydrogens is 378 g/mol. The van der Waals surface area contributed by atoms with Crippen molar-refractivity contribution in [3.8, 4) is 0 Å². The zero-order valence-electron chi connectivity index (χ0n) is 20.3. The summed E-state index contributed by atoms with van der Waals surface area (Å²) in [5.74, 6) is 1.49. The average Bonchev–Trinajstić information content (AvgIpc) is 2.98. The van der Waals surface area contributed by atoms with E-state index in [0.717, 1.165) is 36.0 Å². The van der Waals surface area contributed by atoms with Crippen molar-refractivity contribution in [2.24, 2.45) is 52.3 Å². The molecule has 0 aromatic rings. The van der Waals surface area contributed by atoms with E-state index in [9.17, 15) is 13.9 Å². The van der Waals surface area contributed by atoms with Crippen LogP contribution in [0.4, 0.5) is 8.78 Å². The molecule has 0 spiro atoms. The normalized spacial score (nSPS) is 47.9. The maximum Gasteiger partial charge on any atom is 0.275 e. The molecule has 0 bridgehead atoms. The van der Waals surface area contributed by atoms with Gasteiger partial charge in [0.15, 0.2) is 0 Å². The van der Waals surface area contributed by atoms with Crippen LogP contribution in [0.15, 0.2) is 0 Å². The number of aliphatic hydroxyl groups is 1. The lowest BCUT2D eigenvalue weighted by Gasteiger charge is -2.61. The molecule has 0 radical (unpaired) electrons. The molecule has 0 aromatic carbocycles. The van der Waals surface area contributed by atoms with Crippen LogP contribution in [0.25, 0.3) is 0 Å². The number of fused-ring (bicyclic) bond motifs is 5. The van der Waals surface area contributed by atoms with Crippen molar-refractivity contribution < 1.29 is 13.9 Å². The first-order valence-electron chi connectivity index (χ1n) is 12.9.